The highest BCUT2D eigenvalue weighted by molar-refractivity contribution is 7.80. The van der Waals surface area contributed by atoms with Gasteiger partial charge in [-0.15, -0.1) is 0 Å². The van der Waals surface area contributed by atoms with Gasteiger partial charge in [-0.3, -0.25) is 14.5 Å². The summed E-state index contributed by atoms with van der Waals surface area (Å²) in [5.41, 5.74) is 10.2. The van der Waals surface area contributed by atoms with Crippen molar-refractivity contribution in [1.29, 1.82) is 5.26 Å². The van der Waals surface area contributed by atoms with Crippen LogP contribution in [0.4, 0.5) is 11.4 Å². The van der Waals surface area contributed by atoms with Crippen LogP contribution in [0.2, 0.25) is 0 Å². The second-order valence-electron chi connectivity index (χ2n) is 8.23. The molecule has 2 atom stereocenters. The quantitative estimate of drug-likeness (QED) is 0.543. The number of aryl methyl sites for hydroxylation is 1. The maximum atomic E-state index is 14.2. The number of hydrogen-bond acceptors (Lipinski definition) is 6. The Labute approximate surface area is 209 Å². The van der Waals surface area contributed by atoms with Crippen molar-refractivity contribution in [1.82, 2.24) is 4.90 Å². The number of nitriles is 1. The summed E-state index contributed by atoms with van der Waals surface area (Å²) in [4.78, 5) is 34.9. The van der Waals surface area contributed by atoms with Crippen LogP contribution >= 0.6 is 12.6 Å². The minimum atomic E-state index is -1.21. The van der Waals surface area contributed by atoms with Gasteiger partial charge < -0.3 is 10.6 Å². The molecule has 0 aliphatic carbocycles. The molecule has 2 N–H and O–H groups in total. The first-order valence-corrected chi connectivity index (χ1v) is 11.7. The number of anilines is 2. The standard InChI is InChI=1S/C27H25N5O2S/c1-17-9-8-12-19(15-28)24(17)32-22-14-7-6-13-20(22)23(18-10-4-3-5-11-18)30-25(27(32)34)31(2)26(33)21(29)16-35/h3-14,21,25,35H,16,29H2,1-2H3. The Morgan fingerprint density at radius 1 is 1.14 bits per heavy atom. The van der Waals surface area contributed by atoms with E-state index in [4.69, 9.17) is 10.7 Å². The minimum absolute atomic E-state index is 0.125. The van der Waals surface area contributed by atoms with Crippen LogP contribution in [-0.2, 0) is 9.59 Å². The zero-order chi connectivity index (χ0) is 25.1. The monoisotopic (exact) mass is 483 g/mol. The van der Waals surface area contributed by atoms with Crippen LogP contribution in [0.25, 0.3) is 0 Å². The normalized spacial score (nSPS) is 16.0. The maximum absolute atomic E-state index is 14.2. The van der Waals surface area contributed by atoms with Crippen LogP contribution in [0.3, 0.4) is 0 Å². The van der Waals surface area contributed by atoms with E-state index in [1.807, 2.05) is 67.6 Å². The number of para-hydroxylation sites is 2. The molecule has 0 spiro atoms. The van der Waals surface area contributed by atoms with Gasteiger partial charge in [0, 0.05) is 23.9 Å². The first-order chi connectivity index (χ1) is 16.9. The second-order valence-corrected chi connectivity index (χ2v) is 8.59. The van der Waals surface area contributed by atoms with Gasteiger partial charge in [0.1, 0.15) is 6.07 Å². The van der Waals surface area contributed by atoms with Crippen molar-refractivity contribution >= 4 is 41.5 Å². The summed E-state index contributed by atoms with van der Waals surface area (Å²) in [6, 6.07) is 23.5. The van der Waals surface area contributed by atoms with Gasteiger partial charge in [-0.1, -0.05) is 60.7 Å². The molecule has 8 heteroatoms. The molecule has 0 aromatic heterocycles. The topological polar surface area (TPSA) is 103 Å². The first kappa shape index (κ1) is 24.2. The van der Waals surface area contributed by atoms with Crippen molar-refractivity contribution in [3.8, 4) is 6.07 Å². The van der Waals surface area contributed by atoms with Gasteiger partial charge in [0.05, 0.1) is 28.7 Å². The molecule has 0 radical (unpaired) electrons. The fourth-order valence-corrected chi connectivity index (χ4v) is 4.32. The Balaban J connectivity index is 2.02. The van der Waals surface area contributed by atoms with Gasteiger partial charge >= 0.3 is 0 Å². The summed E-state index contributed by atoms with van der Waals surface area (Å²) in [5.74, 6) is -0.790. The maximum Gasteiger partial charge on any atom is 0.277 e. The smallest absolute Gasteiger partial charge is 0.277 e. The predicted molar refractivity (Wildman–Crippen MR) is 140 cm³/mol. The Morgan fingerprint density at radius 2 is 1.83 bits per heavy atom. The number of benzene rings is 3. The van der Waals surface area contributed by atoms with Gasteiger partial charge in [-0.2, -0.15) is 17.9 Å². The Kier molecular flexibility index (Phi) is 7.01. The lowest BCUT2D eigenvalue weighted by Gasteiger charge is -2.31. The van der Waals surface area contributed by atoms with Crippen LogP contribution in [0.15, 0.2) is 77.8 Å². The third-order valence-corrected chi connectivity index (χ3v) is 6.34. The number of nitrogens with two attached hydrogens (primary N) is 1. The number of likely N-dealkylation sites (N-methyl/N-ethyl adjacent to an activating group) is 1. The summed E-state index contributed by atoms with van der Waals surface area (Å²) in [7, 11) is 1.51. The molecule has 2 unspecified atom stereocenters. The van der Waals surface area contributed by atoms with Crippen LogP contribution in [-0.4, -0.2) is 47.4 Å². The lowest BCUT2D eigenvalue weighted by Crippen LogP contribution is -2.52. The summed E-state index contributed by atoms with van der Waals surface area (Å²) < 4.78 is 0. The number of nitrogens with zero attached hydrogens (tertiary/aromatic N) is 4. The van der Waals surface area contributed by atoms with Crippen LogP contribution in [0.5, 0.6) is 0 Å². The number of hydrogen-bond donors (Lipinski definition) is 2. The van der Waals surface area contributed by atoms with Crippen LogP contribution in [0, 0.1) is 18.3 Å². The molecule has 0 saturated heterocycles. The number of aliphatic imine (C=N–C) groups is 1. The van der Waals surface area contributed by atoms with Crippen molar-refractivity contribution in [3.05, 3.63) is 95.1 Å². The first-order valence-electron chi connectivity index (χ1n) is 11.1. The Morgan fingerprint density at radius 3 is 2.51 bits per heavy atom. The van der Waals surface area contributed by atoms with E-state index in [1.54, 1.807) is 12.1 Å². The van der Waals surface area contributed by atoms with Gasteiger partial charge in [-0.25, -0.2) is 4.99 Å². The Bertz CT molecular complexity index is 1350. The molecule has 176 valence electrons. The molecule has 3 aromatic rings. The molecule has 0 fully saturated rings. The largest absolute Gasteiger partial charge is 0.319 e. The zero-order valence-corrected chi connectivity index (χ0v) is 20.3. The minimum Gasteiger partial charge on any atom is -0.319 e. The average molecular weight is 484 g/mol. The van der Waals surface area contributed by atoms with Crippen LogP contribution < -0.4 is 10.6 Å². The van der Waals surface area contributed by atoms with E-state index >= 15 is 0 Å². The van der Waals surface area contributed by atoms with Crippen molar-refractivity contribution in [2.45, 2.75) is 19.1 Å². The number of benzodiazepines with no additional fused rings is 1. The molecule has 1 aliphatic heterocycles. The summed E-state index contributed by atoms with van der Waals surface area (Å²) >= 11 is 4.15. The highest BCUT2D eigenvalue weighted by Gasteiger charge is 2.39. The molecule has 2 amide bonds. The van der Waals surface area contributed by atoms with E-state index < -0.39 is 24.0 Å². The molecular weight excluding hydrogens is 458 g/mol. The van der Waals surface area contributed by atoms with E-state index in [1.165, 1.54) is 16.8 Å². The highest BCUT2D eigenvalue weighted by Crippen LogP contribution is 2.38. The molecule has 1 aliphatic rings. The lowest BCUT2D eigenvalue weighted by atomic mass is 9.99. The van der Waals surface area contributed by atoms with Crippen molar-refractivity contribution in [3.63, 3.8) is 0 Å². The van der Waals surface area contributed by atoms with E-state index in [9.17, 15) is 14.9 Å². The molecule has 35 heavy (non-hydrogen) atoms. The SMILES string of the molecule is Cc1cccc(C#N)c1N1C(=O)C(N(C)C(=O)C(N)CS)N=C(c2ccccc2)c2ccccc21. The molecule has 7 nitrogen and oxygen atoms in total. The molecule has 3 aromatic carbocycles. The van der Waals surface area contributed by atoms with Gasteiger partial charge in [0.2, 0.25) is 12.1 Å². The van der Waals surface area contributed by atoms with Crippen molar-refractivity contribution in [2.75, 3.05) is 17.7 Å². The van der Waals surface area contributed by atoms with Crippen molar-refractivity contribution < 1.29 is 9.59 Å². The van der Waals surface area contributed by atoms with E-state index in [-0.39, 0.29) is 5.75 Å². The lowest BCUT2D eigenvalue weighted by molar-refractivity contribution is -0.137. The molecule has 0 bridgehead atoms. The van der Waals surface area contributed by atoms with Gasteiger partial charge in [0.25, 0.3) is 5.91 Å². The zero-order valence-electron chi connectivity index (χ0n) is 19.4. The molecular formula is C27H25N5O2S. The molecule has 1 heterocycles. The number of carbonyl (C=O) groups is 2. The molecule has 0 saturated carbocycles. The predicted octanol–water partition coefficient (Wildman–Crippen LogP) is 3.42. The highest BCUT2D eigenvalue weighted by atomic mass is 32.1. The van der Waals surface area contributed by atoms with E-state index in [0.717, 1.165) is 11.1 Å². The molecule has 4 rings (SSSR count). The third-order valence-electron chi connectivity index (χ3n) is 5.95. The van der Waals surface area contributed by atoms with Gasteiger partial charge in [0.15, 0.2) is 0 Å². The number of fused-ring (bicyclic) bond motifs is 1. The number of rotatable bonds is 5. The number of carbonyl (C=O) groups excluding carboxylic acids is 2. The average Bonchev–Trinajstić information content (AvgIpc) is 3.02. The van der Waals surface area contributed by atoms with Gasteiger partial charge in [-0.05, 0) is 24.6 Å². The third kappa shape index (κ3) is 4.44. The van der Waals surface area contributed by atoms with Crippen molar-refractivity contribution in [2.24, 2.45) is 10.7 Å². The Hall–Kier alpha value is -3.93. The number of amides is 2. The van der Waals surface area contributed by atoms with Crippen LogP contribution in [0.1, 0.15) is 22.3 Å². The summed E-state index contributed by atoms with van der Waals surface area (Å²) in [6.07, 6.45) is -1.21. The summed E-state index contributed by atoms with van der Waals surface area (Å²) in [5, 5.41) is 9.87. The number of thiol groups is 1. The fraction of sp³-hybridized carbons (Fsp3) is 0.185. The fourth-order valence-electron chi connectivity index (χ4n) is 4.17. The summed E-state index contributed by atoms with van der Waals surface area (Å²) in [6.45, 7) is 1.84. The second kappa shape index (κ2) is 10.1. The van der Waals surface area contributed by atoms with E-state index in [0.29, 0.717) is 28.2 Å². The van der Waals surface area contributed by atoms with E-state index in [2.05, 4.69) is 18.7 Å².